The number of hydrogen-bond donors (Lipinski definition) is 1. The van der Waals surface area contributed by atoms with Crippen molar-refractivity contribution >= 4 is 0 Å². The van der Waals surface area contributed by atoms with Gasteiger partial charge in [0.15, 0.2) is 0 Å². The number of hydrogen-bond acceptors (Lipinski definition) is 3. The van der Waals surface area contributed by atoms with Crippen molar-refractivity contribution in [3.63, 3.8) is 0 Å². The summed E-state index contributed by atoms with van der Waals surface area (Å²) in [6.07, 6.45) is 3.50. The lowest BCUT2D eigenvalue weighted by atomic mass is 10.0. The van der Waals surface area contributed by atoms with Crippen molar-refractivity contribution in [1.29, 1.82) is 0 Å². The standard InChI is InChI=1S/C17H28FN3/c1-19-17(14-5-4-6-15(18)13-14)9-12-21(3)16-7-10-20(2)11-8-16/h4-6,13,16-17,19H,7-12H2,1-3H3. The average molecular weight is 293 g/mol. The van der Waals surface area contributed by atoms with Gasteiger partial charge in [-0.1, -0.05) is 12.1 Å². The molecule has 1 aromatic carbocycles. The van der Waals surface area contributed by atoms with Crippen LogP contribution in [0.5, 0.6) is 0 Å². The van der Waals surface area contributed by atoms with Gasteiger partial charge in [-0.2, -0.15) is 0 Å². The van der Waals surface area contributed by atoms with Gasteiger partial charge < -0.3 is 15.1 Å². The van der Waals surface area contributed by atoms with Crippen LogP contribution in [-0.4, -0.2) is 56.6 Å². The van der Waals surface area contributed by atoms with E-state index in [4.69, 9.17) is 0 Å². The van der Waals surface area contributed by atoms with Crippen LogP contribution in [-0.2, 0) is 0 Å². The Morgan fingerprint density at radius 2 is 2.10 bits per heavy atom. The number of nitrogens with zero attached hydrogens (tertiary/aromatic N) is 2. The molecule has 0 amide bonds. The Morgan fingerprint density at radius 3 is 2.71 bits per heavy atom. The summed E-state index contributed by atoms with van der Waals surface area (Å²) in [5.74, 6) is -0.156. The molecule has 21 heavy (non-hydrogen) atoms. The summed E-state index contributed by atoms with van der Waals surface area (Å²) in [6, 6.07) is 7.83. The molecule has 4 heteroatoms. The SMILES string of the molecule is CNC(CCN(C)C1CCN(C)CC1)c1cccc(F)c1. The van der Waals surface area contributed by atoms with Crippen LogP contribution in [0.15, 0.2) is 24.3 Å². The molecule has 1 unspecified atom stereocenters. The number of rotatable bonds is 6. The highest BCUT2D eigenvalue weighted by molar-refractivity contribution is 5.20. The molecular formula is C17H28FN3. The molecule has 2 rings (SSSR count). The minimum Gasteiger partial charge on any atom is -0.313 e. The summed E-state index contributed by atoms with van der Waals surface area (Å²) < 4.78 is 13.3. The largest absolute Gasteiger partial charge is 0.313 e. The Balaban J connectivity index is 1.85. The summed E-state index contributed by atoms with van der Waals surface area (Å²) in [5.41, 5.74) is 1.04. The van der Waals surface area contributed by atoms with Gasteiger partial charge in [-0.15, -0.1) is 0 Å². The minimum absolute atomic E-state index is 0.156. The molecule has 1 aliphatic rings. The van der Waals surface area contributed by atoms with Gasteiger partial charge in [0.05, 0.1) is 0 Å². The van der Waals surface area contributed by atoms with E-state index < -0.39 is 0 Å². The average Bonchev–Trinajstić information content (AvgIpc) is 2.48. The van der Waals surface area contributed by atoms with Crippen LogP contribution in [0.4, 0.5) is 4.39 Å². The Hall–Kier alpha value is -0.970. The topological polar surface area (TPSA) is 18.5 Å². The molecule has 1 saturated heterocycles. The minimum atomic E-state index is -0.156. The molecule has 0 saturated carbocycles. The maximum Gasteiger partial charge on any atom is 0.123 e. The second-order valence-electron chi connectivity index (χ2n) is 6.20. The Kier molecular flexibility index (Phi) is 6.15. The summed E-state index contributed by atoms with van der Waals surface area (Å²) in [4.78, 5) is 4.87. The molecule has 0 bridgehead atoms. The maximum absolute atomic E-state index is 13.3. The van der Waals surface area contributed by atoms with E-state index in [0.717, 1.165) is 18.5 Å². The Labute approximate surface area is 128 Å². The zero-order valence-electron chi connectivity index (χ0n) is 13.5. The lowest BCUT2D eigenvalue weighted by Gasteiger charge is -2.35. The Bertz CT molecular complexity index is 430. The highest BCUT2D eigenvalue weighted by Gasteiger charge is 2.21. The molecule has 1 fully saturated rings. The van der Waals surface area contributed by atoms with E-state index in [9.17, 15) is 4.39 Å². The van der Waals surface area contributed by atoms with Gasteiger partial charge in [0.2, 0.25) is 0 Å². The second kappa shape index (κ2) is 7.87. The molecule has 118 valence electrons. The summed E-state index contributed by atoms with van der Waals surface area (Å²) in [7, 11) is 6.36. The maximum atomic E-state index is 13.3. The third-order valence-electron chi connectivity index (χ3n) is 4.68. The number of benzene rings is 1. The van der Waals surface area contributed by atoms with E-state index in [2.05, 4.69) is 29.2 Å². The molecule has 1 aromatic rings. The third-order valence-corrected chi connectivity index (χ3v) is 4.68. The van der Waals surface area contributed by atoms with Crippen molar-refractivity contribution in [2.45, 2.75) is 31.3 Å². The van der Waals surface area contributed by atoms with Gasteiger partial charge in [0.1, 0.15) is 5.82 Å². The zero-order chi connectivity index (χ0) is 15.2. The van der Waals surface area contributed by atoms with Crippen LogP contribution in [0.25, 0.3) is 0 Å². The molecule has 1 aliphatic heterocycles. The van der Waals surface area contributed by atoms with Crippen molar-refractivity contribution in [3.8, 4) is 0 Å². The van der Waals surface area contributed by atoms with Crippen LogP contribution in [0.2, 0.25) is 0 Å². The predicted molar refractivity (Wildman–Crippen MR) is 86.0 cm³/mol. The fraction of sp³-hybridized carbons (Fsp3) is 0.647. The first-order chi connectivity index (χ1) is 10.1. The number of nitrogens with one attached hydrogen (secondary N) is 1. The Morgan fingerprint density at radius 1 is 1.38 bits per heavy atom. The van der Waals surface area contributed by atoms with E-state index in [1.54, 1.807) is 12.1 Å². The fourth-order valence-corrected chi connectivity index (χ4v) is 3.15. The van der Waals surface area contributed by atoms with Crippen molar-refractivity contribution < 1.29 is 4.39 Å². The molecule has 0 aliphatic carbocycles. The van der Waals surface area contributed by atoms with E-state index in [-0.39, 0.29) is 11.9 Å². The van der Waals surface area contributed by atoms with E-state index in [1.165, 1.54) is 32.0 Å². The molecule has 1 atom stereocenters. The van der Waals surface area contributed by atoms with Gasteiger partial charge in [-0.05, 0) is 77.7 Å². The molecule has 1 N–H and O–H groups in total. The smallest absolute Gasteiger partial charge is 0.123 e. The summed E-state index contributed by atoms with van der Waals surface area (Å²) >= 11 is 0. The molecule has 0 aromatic heterocycles. The van der Waals surface area contributed by atoms with Crippen molar-refractivity contribution in [3.05, 3.63) is 35.6 Å². The summed E-state index contributed by atoms with van der Waals surface area (Å²) in [6.45, 7) is 3.42. The quantitative estimate of drug-likeness (QED) is 0.869. The predicted octanol–water partition coefficient (Wildman–Crippen LogP) is 2.50. The number of piperidine rings is 1. The molecule has 0 radical (unpaired) electrons. The van der Waals surface area contributed by atoms with Crippen molar-refractivity contribution in [1.82, 2.24) is 15.1 Å². The van der Waals surface area contributed by atoms with Gasteiger partial charge in [-0.25, -0.2) is 4.39 Å². The van der Waals surface area contributed by atoms with Crippen LogP contribution >= 0.6 is 0 Å². The van der Waals surface area contributed by atoms with Gasteiger partial charge >= 0.3 is 0 Å². The van der Waals surface area contributed by atoms with Crippen molar-refractivity contribution in [2.24, 2.45) is 0 Å². The van der Waals surface area contributed by atoms with Crippen LogP contribution in [0.3, 0.4) is 0 Å². The first-order valence-electron chi connectivity index (χ1n) is 7.91. The zero-order valence-corrected chi connectivity index (χ0v) is 13.5. The first-order valence-corrected chi connectivity index (χ1v) is 7.91. The van der Waals surface area contributed by atoms with Gasteiger partial charge in [-0.3, -0.25) is 0 Å². The second-order valence-corrected chi connectivity index (χ2v) is 6.20. The normalized spacial score (nSPS) is 19.1. The van der Waals surface area contributed by atoms with Gasteiger partial charge in [0.25, 0.3) is 0 Å². The van der Waals surface area contributed by atoms with Crippen LogP contribution in [0, 0.1) is 5.82 Å². The van der Waals surface area contributed by atoms with Crippen LogP contribution in [0.1, 0.15) is 30.9 Å². The molecule has 1 heterocycles. The summed E-state index contributed by atoms with van der Waals surface area (Å²) in [5, 5.41) is 3.31. The molecular weight excluding hydrogens is 265 g/mol. The lowest BCUT2D eigenvalue weighted by molar-refractivity contribution is 0.140. The first kappa shape index (κ1) is 16.4. The fourth-order valence-electron chi connectivity index (χ4n) is 3.15. The third kappa shape index (κ3) is 4.77. The molecule has 3 nitrogen and oxygen atoms in total. The number of likely N-dealkylation sites (tertiary alicyclic amines) is 1. The van der Waals surface area contributed by atoms with E-state index in [1.807, 2.05) is 13.1 Å². The highest BCUT2D eigenvalue weighted by Crippen LogP contribution is 2.20. The molecule has 0 spiro atoms. The monoisotopic (exact) mass is 293 g/mol. The number of halogens is 1. The van der Waals surface area contributed by atoms with Crippen molar-refractivity contribution in [2.75, 3.05) is 40.8 Å². The van der Waals surface area contributed by atoms with Crippen LogP contribution < -0.4 is 5.32 Å². The lowest BCUT2D eigenvalue weighted by Crippen LogP contribution is -2.42. The van der Waals surface area contributed by atoms with E-state index >= 15 is 0 Å². The van der Waals surface area contributed by atoms with E-state index in [0.29, 0.717) is 6.04 Å². The van der Waals surface area contributed by atoms with Gasteiger partial charge in [0, 0.05) is 12.1 Å². The highest BCUT2D eigenvalue weighted by atomic mass is 19.1.